The quantitative estimate of drug-likeness (QED) is 0.624. The third-order valence-corrected chi connectivity index (χ3v) is 4.27. The summed E-state index contributed by atoms with van der Waals surface area (Å²) in [6, 6.07) is 4.16. The summed E-state index contributed by atoms with van der Waals surface area (Å²) >= 11 is 6.89. The first-order valence-corrected chi connectivity index (χ1v) is 6.86. The van der Waals surface area contributed by atoms with Crippen LogP contribution in [0.25, 0.3) is 0 Å². The highest BCUT2D eigenvalue weighted by Crippen LogP contribution is 2.26. The predicted octanol–water partition coefficient (Wildman–Crippen LogP) is 3.07. The van der Waals surface area contributed by atoms with E-state index in [1.807, 2.05) is 29.5 Å². The number of hydrogen-bond donors (Lipinski definition) is 2. The van der Waals surface area contributed by atoms with E-state index < -0.39 is 5.41 Å². The van der Waals surface area contributed by atoms with Crippen molar-refractivity contribution in [2.75, 3.05) is 5.32 Å². The molecule has 1 rings (SSSR count). The molecule has 1 aromatic rings. The third kappa shape index (κ3) is 3.17. The number of nitrogens with one attached hydrogen (secondary N) is 1. The van der Waals surface area contributed by atoms with Crippen molar-refractivity contribution in [2.24, 2.45) is 11.1 Å². The van der Waals surface area contributed by atoms with Gasteiger partial charge in [0.15, 0.2) is 0 Å². The molecule has 0 fully saturated rings. The molecular weight excluding hydrogens is 366 g/mol. The smallest absolute Gasteiger partial charge is 0.237 e. The van der Waals surface area contributed by atoms with Crippen LogP contribution in [-0.2, 0) is 4.79 Å². The molecule has 1 amide bonds. The fourth-order valence-electron chi connectivity index (χ4n) is 1.30. The van der Waals surface area contributed by atoms with Gasteiger partial charge in [-0.05, 0) is 54.1 Å². The Morgan fingerprint density at radius 1 is 1.61 bits per heavy atom. The van der Waals surface area contributed by atoms with Gasteiger partial charge in [-0.15, -0.1) is 0 Å². The zero-order valence-corrected chi connectivity index (χ0v) is 13.1. The van der Waals surface area contributed by atoms with E-state index in [-0.39, 0.29) is 16.7 Å². The van der Waals surface area contributed by atoms with E-state index in [1.165, 1.54) is 18.2 Å². The summed E-state index contributed by atoms with van der Waals surface area (Å²) in [6.07, 6.45) is 0.506. The molecular formula is C12H14FIN2OS. The summed E-state index contributed by atoms with van der Waals surface area (Å²) in [5.74, 6) is -0.618. The van der Waals surface area contributed by atoms with E-state index in [4.69, 9.17) is 18.0 Å². The molecule has 1 unspecified atom stereocenters. The zero-order valence-electron chi connectivity index (χ0n) is 10.1. The molecule has 1 aromatic carbocycles. The number of carbonyl (C=O) groups excluding carboxylic acids is 1. The number of carbonyl (C=O) groups is 1. The van der Waals surface area contributed by atoms with Crippen molar-refractivity contribution < 1.29 is 9.18 Å². The Morgan fingerprint density at radius 2 is 2.22 bits per heavy atom. The van der Waals surface area contributed by atoms with Crippen LogP contribution in [0.5, 0.6) is 0 Å². The van der Waals surface area contributed by atoms with Gasteiger partial charge in [-0.25, -0.2) is 4.39 Å². The molecule has 0 spiro atoms. The Morgan fingerprint density at radius 3 is 2.67 bits per heavy atom. The highest BCUT2D eigenvalue weighted by Gasteiger charge is 2.34. The molecule has 18 heavy (non-hydrogen) atoms. The highest BCUT2D eigenvalue weighted by molar-refractivity contribution is 14.1. The average Bonchev–Trinajstić information content (AvgIpc) is 2.31. The molecule has 6 heteroatoms. The molecule has 0 aromatic heterocycles. The Balaban J connectivity index is 2.97. The van der Waals surface area contributed by atoms with E-state index in [0.29, 0.717) is 15.7 Å². The standard InChI is InChI=1S/C12H14FIN2OS/c1-3-12(2,10(15)18)11(17)16-9-5-4-7(13)6-8(9)14/h4-6H,3H2,1-2H3,(H2,15,18)(H,16,17). The molecule has 0 saturated heterocycles. The van der Waals surface area contributed by atoms with Crippen molar-refractivity contribution >= 4 is 51.4 Å². The van der Waals surface area contributed by atoms with E-state index >= 15 is 0 Å². The Hall–Kier alpha value is -0.760. The van der Waals surface area contributed by atoms with E-state index in [0.717, 1.165) is 0 Å². The Labute approximate surface area is 124 Å². The minimum Gasteiger partial charge on any atom is -0.392 e. The maximum absolute atomic E-state index is 13.0. The van der Waals surface area contributed by atoms with Gasteiger partial charge in [0.05, 0.1) is 16.1 Å². The lowest BCUT2D eigenvalue weighted by atomic mass is 9.86. The molecule has 0 aliphatic rings. The van der Waals surface area contributed by atoms with Gasteiger partial charge in [0.25, 0.3) is 0 Å². The number of amides is 1. The molecule has 0 aliphatic heterocycles. The fraction of sp³-hybridized carbons (Fsp3) is 0.333. The van der Waals surface area contributed by atoms with Crippen LogP contribution in [0.4, 0.5) is 10.1 Å². The minimum atomic E-state index is -0.896. The van der Waals surface area contributed by atoms with Crippen LogP contribution in [0.1, 0.15) is 20.3 Å². The van der Waals surface area contributed by atoms with Gasteiger partial charge >= 0.3 is 0 Å². The van der Waals surface area contributed by atoms with Gasteiger partial charge in [0.2, 0.25) is 5.91 Å². The van der Waals surface area contributed by atoms with Crippen molar-refractivity contribution in [2.45, 2.75) is 20.3 Å². The highest BCUT2D eigenvalue weighted by atomic mass is 127. The van der Waals surface area contributed by atoms with Crippen molar-refractivity contribution in [1.82, 2.24) is 0 Å². The maximum atomic E-state index is 13.0. The number of thiocarbonyl (C=S) groups is 1. The van der Waals surface area contributed by atoms with Crippen LogP contribution in [0.15, 0.2) is 18.2 Å². The summed E-state index contributed by atoms with van der Waals surface area (Å²) in [6.45, 7) is 3.54. The molecule has 0 bridgehead atoms. The van der Waals surface area contributed by atoms with Gasteiger partial charge in [-0.2, -0.15) is 0 Å². The molecule has 0 radical (unpaired) electrons. The first-order valence-electron chi connectivity index (χ1n) is 5.37. The number of anilines is 1. The number of rotatable bonds is 4. The van der Waals surface area contributed by atoms with Gasteiger partial charge in [-0.1, -0.05) is 19.1 Å². The van der Waals surface area contributed by atoms with Crippen LogP contribution in [-0.4, -0.2) is 10.9 Å². The van der Waals surface area contributed by atoms with E-state index in [9.17, 15) is 9.18 Å². The fourth-order valence-corrected chi connectivity index (χ4v) is 2.15. The Kier molecular flexibility index (Phi) is 5.03. The lowest BCUT2D eigenvalue weighted by Crippen LogP contribution is -2.43. The SMILES string of the molecule is CCC(C)(C(=O)Nc1ccc(F)cc1I)C(N)=S. The van der Waals surface area contributed by atoms with Gasteiger partial charge < -0.3 is 11.1 Å². The minimum absolute atomic E-state index is 0.152. The molecule has 3 nitrogen and oxygen atoms in total. The molecule has 98 valence electrons. The lowest BCUT2D eigenvalue weighted by molar-refractivity contribution is -0.121. The topological polar surface area (TPSA) is 55.1 Å². The molecule has 0 aliphatic carbocycles. The van der Waals surface area contributed by atoms with Crippen molar-refractivity contribution in [1.29, 1.82) is 0 Å². The average molecular weight is 380 g/mol. The number of nitrogens with two attached hydrogens (primary N) is 1. The van der Waals surface area contributed by atoms with Crippen LogP contribution in [0.2, 0.25) is 0 Å². The van der Waals surface area contributed by atoms with Crippen molar-refractivity contribution in [3.8, 4) is 0 Å². The largest absolute Gasteiger partial charge is 0.392 e. The van der Waals surface area contributed by atoms with Crippen LogP contribution in [0, 0.1) is 14.8 Å². The van der Waals surface area contributed by atoms with Gasteiger partial charge in [0, 0.05) is 3.57 Å². The summed E-state index contributed by atoms with van der Waals surface area (Å²) in [4.78, 5) is 12.3. The Bertz CT molecular complexity index is 495. The van der Waals surface area contributed by atoms with Crippen molar-refractivity contribution in [3.63, 3.8) is 0 Å². The van der Waals surface area contributed by atoms with E-state index in [1.54, 1.807) is 6.92 Å². The zero-order chi connectivity index (χ0) is 13.9. The number of benzene rings is 1. The second kappa shape index (κ2) is 5.92. The van der Waals surface area contributed by atoms with Crippen LogP contribution < -0.4 is 11.1 Å². The first kappa shape index (κ1) is 15.3. The number of halogens is 2. The van der Waals surface area contributed by atoms with Gasteiger partial charge in [0.1, 0.15) is 5.82 Å². The lowest BCUT2D eigenvalue weighted by Gasteiger charge is -2.25. The van der Waals surface area contributed by atoms with Crippen LogP contribution >= 0.6 is 34.8 Å². The molecule has 0 saturated carbocycles. The summed E-state index contributed by atoms with van der Waals surface area (Å²) in [7, 11) is 0. The number of hydrogen-bond acceptors (Lipinski definition) is 2. The summed E-state index contributed by atoms with van der Waals surface area (Å²) in [5, 5.41) is 2.73. The summed E-state index contributed by atoms with van der Waals surface area (Å²) in [5.41, 5.74) is 5.26. The monoisotopic (exact) mass is 380 g/mol. The van der Waals surface area contributed by atoms with Crippen molar-refractivity contribution in [3.05, 3.63) is 27.6 Å². The second-order valence-corrected chi connectivity index (χ2v) is 5.73. The normalized spacial score (nSPS) is 13.8. The van der Waals surface area contributed by atoms with E-state index in [2.05, 4.69) is 5.32 Å². The summed E-state index contributed by atoms with van der Waals surface area (Å²) < 4.78 is 13.6. The van der Waals surface area contributed by atoms with Crippen LogP contribution in [0.3, 0.4) is 0 Å². The second-order valence-electron chi connectivity index (χ2n) is 4.13. The predicted molar refractivity (Wildman–Crippen MR) is 82.9 cm³/mol. The maximum Gasteiger partial charge on any atom is 0.237 e. The molecule has 1 atom stereocenters. The molecule has 0 heterocycles. The van der Waals surface area contributed by atoms with Gasteiger partial charge in [-0.3, -0.25) is 4.79 Å². The molecule has 3 N–H and O–H groups in total. The first-order chi connectivity index (χ1) is 8.31. The third-order valence-electron chi connectivity index (χ3n) is 2.93.